The number of hydrogen-bond acceptors (Lipinski definition) is 6. The number of benzene rings is 1. The van der Waals surface area contributed by atoms with Gasteiger partial charge in [-0.05, 0) is 55.6 Å². The van der Waals surface area contributed by atoms with Crippen molar-refractivity contribution in [2.24, 2.45) is 5.92 Å². The smallest absolute Gasteiger partial charge is 0.253 e. The monoisotopic (exact) mass is 398 g/mol. The zero-order chi connectivity index (χ0) is 20.1. The maximum absolute atomic E-state index is 13.1. The molecule has 1 atom stereocenters. The molecule has 0 radical (unpaired) electrons. The third-order valence-corrected chi connectivity index (χ3v) is 5.97. The second-order valence-corrected chi connectivity index (χ2v) is 7.88. The van der Waals surface area contributed by atoms with Crippen molar-refractivity contribution in [3.8, 4) is 5.75 Å². The topological polar surface area (TPSA) is 75.5 Å². The lowest BCUT2D eigenvalue weighted by molar-refractivity contribution is 0.0631. The Balaban J connectivity index is 1.34. The highest BCUT2D eigenvalue weighted by atomic mass is 16.5. The lowest BCUT2D eigenvalue weighted by atomic mass is 9.96. The molecule has 4 rings (SSSR count). The Morgan fingerprint density at radius 3 is 2.79 bits per heavy atom. The lowest BCUT2D eigenvalue weighted by Crippen LogP contribution is -2.49. The van der Waals surface area contributed by atoms with Gasteiger partial charge in [-0.2, -0.15) is 5.10 Å². The summed E-state index contributed by atoms with van der Waals surface area (Å²) in [7, 11) is 1.70. The van der Waals surface area contributed by atoms with Gasteiger partial charge in [-0.25, -0.2) is 4.98 Å². The SMILES string of the molecule is COc1ccc(C(=O)N2CCN(CCn3cncn3)CC2)cc1CC1CCNC1. The van der Waals surface area contributed by atoms with Crippen molar-refractivity contribution in [2.45, 2.75) is 19.4 Å². The van der Waals surface area contributed by atoms with Crippen LogP contribution in [-0.2, 0) is 13.0 Å². The van der Waals surface area contributed by atoms with E-state index < -0.39 is 0 Å². The van der Waals surface area contributed by atoms with Gasteiger partial charge in [0.25, 0.3) is 5.91 Å². The van der Waals surface area contributed by atoms with Crippen LogP contribution in [0.25, 0.3) is 0 Å². The van der Waals surface area contributed by atoms with Crippen molar-refractivity contribution >= 4 is 5.91 Å². The number of piperazine rings is 1. The van der Waals surface area contributed by atoms with Crippen LogP contribution in [0.5, 0.6) is 5.75 Å². The minimum atomic E-state index is 0.120. The quantitative estimate of drug-likeness (QED) is 0.747. The number of ether oxygens (including phenoxy) is 1. The fraction of sp³-hybridized carbons (Fsp3) is 0.571. The number of nitrogens with zero attached hydrogens (tertiary/aromatic N) is 5. The van der Waals surface area contributed by atoms with Gasteiger partial charge >= 0.3 is 0 Å². The molecule has 8 nitrogen and oxygen atoms in total. The first-order valence-corrected chi connectivity index (χ1v) is 10.4. The number of aromatic nitrogens is 3. The minimum Gasteiger partial charge on any atom is -0.496 e. The summed E-state index contributed by atoms with van der Waals surface area (Å²) in [5, 5.41) is 7.56. The summed E-state index contributed by atoms with van der Waals surface area (Å²) in [6.07, 6.45) is 5.43. The van der Waals surface area contributed by atoms with Crippen LogP contribution in [0.4, 0.5) is 0 Å². The zero-order valence-corrected chi connectivity index (χ0v) is 17.1. The van der Waals surface area contributed by atoms with Gasteiger partial charge in [-0.1, -0.05) is 0 Å². The van der Waals surface area contributed by atoms with Gasteiger partial charge < -0.3 is 15.0 Å². The molecule has 8 heteroatoms. The van der Waals surface area contributed by atoms with Crippen LogP contribution in [0, 0.1) is 5.92 Å². The predicted octanol–water partition coefficient (Wildman–Crippen LogP) is 0.897. The molecule has 0 saturated carbocycles. The van der Waals surface area contributed by atoms with Crippen LogP contribution in [0.2, 0.25) is 0 Å². The van der Waals surface area contributed by atoms with Gasteiger partial charge in [0.2, 0.25) is 0 Å². The van der Waals surface area contributed by atoms with Gasteiger partial charge in [-0.3, -0.25) is 14.4 Å². The van der Waals surface area contributed by atoms with E-state index in [1.165, 1.54) is 6.42 Å². The van der Waals surface area contributed by atoms with Gasteiger partial charge in [0, 0.05) is 38.3 Å². The Kier molecular flexibility index (Phi) is 6.41. The molecule has 3 heterocycles. The van der Waals surface area contributed by atoms with E-state index in [1.54, 1.807) is 19.8 Å². The van der Waals surface area contributed by atoms with E-state index in [0.29, 0.717) is 5.92 Å². The second-order valence-electron chi connectivity index (χ2n) is 7.88. The summed E-state index contributed by atoms with van der Waals surface area (Å²) in [5.41, 5.74) is 1.90. The molecule has 156 valence electrons. The normalized spacial score (nSPS) is 20.2. The number of carbonyl (C=O) groups excluding carboxylic acids is 1. The van der Waals surface area contributed by atoms with Crippen molar-refractivity contribution in [1.82, 2.24) is 29.9 Å². The van der Waals surface area contributed by atoms with Gasteiger partial charge in [0.05, 0.1) is 13.7 Å². The number of nitrogens with one attached hydrogen (secondary N) is 1. The number of hydrogen-bond donors (Lipinski definition) is 1. The van der Waals surface area contributed by atoms with E-state index in [2.05, 4.69) is 20.3 Å². The molecule has 2 aliphatic heterocycles. The maximum atomic E-state index is 13.1. The number of amides is 1. The Morgan fingerprint density at radius 2 is 2.10 bits per heavy atom. The van der Waals surface area contributed by atoms with Crippen LogP contribution in [0.1, 0.15) is 22.3 Å². The first-order chi connectivity index (χ1) is 14.2. The third kappa shape index (κ3) is 4.94. The minimum absolute atomic E-state index is 0.120. The first kappa shape index (κ1) is 19.8. The summed E-state index contributed by atoms with van der Waals surface area (Å²) >= 11 is 0. The highest BCUT2D eigenvalue weighted by Gasteiger charge is 2.24. The van der Waals surface area contributed by atoms with Crippen LogP contribution in [0.15, 0.2) is 30.9 Å². The van der Waals surface area contributed by atoms with Gasteiger partial charge in [0.1, 0.15) is 18.4 Å². The summed E-state index contributed by atoms with van der Waals surface area (Å²) in [5.74, 6) is 1.61. The molecule has 1 aromatic carbocycles. The molecule has 1 aromatic heterocycles. The maximum Gasteiger partial charge on any atom is 0.253 e. The summed E-state index contributed by atoms with van der Waals surface area (Å²) in [6.45, 7) is 7.15. The number of carbonyl (C=O) groups is 1. The van der Waals surface area contributed by atoms with Crippen LogP contribution in [0.3, 0.4) is 0 Å². The average molecular weight is 399 g/mol. The number of methoxy groups -OCH3 is 1. The van der Waals surface area contributed by atoms with Crippen molar-refractivity contribution in [2.75, 3.05) is 52.9 Å². The largest absolute Gasteiger partial charge is 0.496 e. The molecule has 1 unspecified atom stereocenters. The molecule has 0 spiro atoms. The standard InChI is InChI=1S/C21H30N6O2/c1-29-20-3-2-18(13-19(20)12-17-4-5-22-14-17)21(28)26-9-6-25(7-10-26)8-11-27-16-23-15-24-27/h2-3,13,15-17,22H,4-12,14H2,1H3. The Hall–Kier alpha value is -2.45. The third-order valence-electron chi connectivity index (χ3n) is 5.97. The molecule has 0 aliphatic carbocycles. The fourth-order valence-corrected chi connectivity index (χ4v) is 4.22. The molecular weight excluding hydrogens is 368 g/mol. The summed E-state index contributed by atoms with van der Waals surface area (Å²) in [6, 6.07) is 5.88. The molecular formula is C21H30N6O2. The average Bonchev–Trinajstić information content (AvgIpc) is 3.46. The van der Waals surface area contributed by atoms with Crippen molar-refractivity contribution in [3.05, 3.63) is 42.0 Å². The molecule has 2 fully saturated rings. The molecule has 29 heavy (non-hydrogen) atoms. The van der Waals surface area contributed by atoms with Crippen molar-refractivity contribution < 1.29 is 9.53 Å². The lowest BCUT2D eigenvalue weighted by Gasteiger charge is -2.34. The van der Waals surface area contributed by atoms with E-state index in [-0.39, 0.29) is 5.91 Å². The second kappa shape index (κ2) is 9.37. The van der Waals surface area contributed by atoms with Crippen molar-refractivity contribution in [1.29, 1.82) is 0 Å². The van der Waals surface area contributed by atoms with Gasteiger partial charge in [-0.15, -0.1) is 0 Å². The Bertz CT molecular complexity index is 796. The summed E-state index contributed by atoms with van der Waals surface area (Å²) in [4.78, 5) is 21.4. The highest BCUT2D eigenvalue weighted by Crippen LogP contribution is 2.26. The molecule has 2 aromatic rings. The van der Waals surface area contributed by atoms with E-state index in [4.69, 9.17) is 4.74 Å². The van der Waals surface area contributed by atoms with E-state index in [9.17, 15) is 4.79 Å². The van der Waals surface area contributed by atoms with Crippen LogP contribution in [-0.4, -0.2) is 83.4 Å². The highest BCUT2D eigenvalue weighted by molar-refractivity contribution is 5.94. The molecule has 1 N–H and O–H groups in total. The van der Waals surface area contributed by atoms with E-state index in [1.807, 2.05) is 27.8 Å². The van der Waals surface area contributed by atoms with Crippen LogP contribution >= 0.6 is 0 Å². The molecule has 2 aliphatic rings. The Morgan fingerprint density at radius 1 is 1.24 bits per heavy atom. The summed E-state index contributed by atoms with van der Waals surface area (Å²) < 4.78 is 7.39. The first-order valence-electron chi connectivity index (χ1n) is 10.4. The van der Waals surface area contributed by atoms with Gasteiger partial charge in [0.15, 0.2) is 0 Å². The van der Waals surface area contributed by atoms with Crippen LogP contribution < -0.4 is 10.1 Å². The zero-order valence-electron chi connectivity index (χ0n) is 17.1. The van der Waals surface area contributed by atoms with E-state index in [0.717, 1.165) is 75.7 Å². The Labute approximate surface area is 171 Å². The fourth-order valence-electron chi connectivity index (χ4n) is 4.22. The molecule has 0 bridgehead atoms. The number of rotatable bonds is 7. The predicted molar refractivity (Wildman–Crippen MR) is 110 cm³/mol. The molecule has 2 saturated heterocycles. The molecule has 1 amide bonds. The van der Waals surface area contributed by atoms with E-state index >= 15 is 0 Å². The van der Waals surface area contributed by atoms with Crippen molar-refractivity contribution in [3.63, 3.8) is 0 Å².